The van der Waals surface area contributed by atoms with Crippen LogP contribution in [0.2, 0.25) is 0 Å². The average molecular weight is 435 g/mol. The number of carbonyl (C=O) groups excluding carboxylic acids is 1. The van der Waals surface area contributed by atoms with E-state index in [1.54, 1.807) is 36.4 Å². The van der Waals surface area contributed by atoms with E-state index in [1.165, 1.54) is 16.4 Å². The number of anilines is 1. The second-order valence-corrected chi connectivity index (χ2v) is 8.51. The quantitative estimate of drug-likeness (QED) is 0.609. The molecule has 1 amide bonds. The SMILES string of the molecule is CCOCCOc1cccc(C(=O)Nc2ccc(S(=O)(=O)N3CCOCC3)cc2)c1. The van der Waals surface area contributed by atoms with Crippen molar-refractivity contribution in [2.75, 3.05) is 51.4 Å². The minimum absolute atomic E-state index is 0.187. The summed E-state index contributed by atoms with van der Waals surface area (Å²) in [6, 6.07) is 13.0. The van der Waals surface area contributed by atoms with Gasteiger partial charge < -0.3 is 19.5 Å². The third-order valence-corrected chi connectivity index (χ3v) is 6.43. The highest BCUT2D eigenvalue weighted by atomic mass is 32.2. The van der Waals surface area contributed by atoms with Gasteiger partial charge in [0.15, 0.2) is 0 Å². The van der Waals surface area contributed by atoms with E-state index in [2.05, 4.69) is 5.32 Å². The van der Waals surface area contributed by atoms with E-state index in [-0.39, 0.29) is 10.8 Å². The average Bonchev–Trinajstić information content (AvgIpc) is 2.78. The second kappa shape index (κ2) is 10.5. The Morgan fingerprint density at radius 3 is 2.53 bits per heavy atom. The summed E-state index contributed by atoms with van der Waals surface area (Å²) in [4.78, 5) is 12.7. The summed E-state index contributed by atoms with van der Waals surface area (Å²) in [6.07, 6.45) is 0. The van der Waals surface area contributed by atoms with Gasteiger partial charge in [-0.15, -0.1) is 0 Å². The molecule has 1 saturated heterocycles. The van der Waals surface area contributed by atoms with E-state index >= 15 is 0 Å². The molecule has 1 N–H and O–H groups in total. The maximum Gasteiger partial charge on any atom is 0.255 e. The number of hydrogen-bond acceptors (Lipinski definition) is 6. The van der Waals surface area contributed by atoms with Gasteiger partial charge in [-0.3, -0.25) is 4.79 Å². The third kappa shape index (κ3) is 5.79. The fraction of sp³-hybridized carbons (Fsp3) is 0.381. The van der Waals surface area contributed by atoms with Crippen LogP contribution in [0.25, 0.3) is 0 Å². The van der Waals surface area contributed by atoms with Crippen LogP contribution in [-0.4, -0.2) is 64.8 Å². The van der Waals surface area contributed by atoms with Crippen LogP contribution in [0.3, 0.4) is 0 Å². The molecular weight excluding hydrogens is 408 g/mol. The number of ether oxygens (including phenoxy) is 3. The number of benzene rings is 2. The van der Waals surface area contributed by atoms with E-state index in [0.717, 1.165) is 0 Å². The van der Waals surface area contributed by atoms with Crippen molar-refractivity contribution in [3.63, 3.8) is 0 Å². The van der Waals surface area contributed by atoms with E-state index in [1.807, 2.05) is 6.92 Å². The molecule has 0 bridgehead atoms. The van der Waals surface area contributed by atoms with Crippen molar-refractivity contribution < 1.29 is 27.4 Å². The number of nitrogens with zero attached hydrogens (tertiary/aromatic N) is 1. The lowest BCUT2D eigenvalue weighted by atomic mass is 10.2. The third-order valence-electron chi connectivity index (χ3n) is 4.52. The zero-order valence-electron chi connectivity index (χ0n) is 16.9. The molecule has 162 valence electrons. The molecule has 0 spiro atoms. The predicted molar refractivity (Wildman–Crippen MR) is 112 cm³/mol. The molecular formula is C21H26N2O6S. The van der Waals surface area contributed by atoms with Crippen molar-refractivity contribution in [2.45, 2.75) is 11.8 Å². The molecule has 0 saturated carbocycles. The summed E-state index contributed by atoms with van der Waals surface area (Å²) in [5, 5.41) is 2.77. The molecule has 0 unspecified atom stereocenters. The van der Waals surface area contributed by atoms with Crippen LogP contribution in [0.15, 0.2) is 53.4 Å². The molecule has 2 aromatic carbocycles. The first-order chi connectivity index (χ1) is 14.5. The van der Waals surface area contributed by atoms with Crippen LogP contribution in [0.5, 0.6) is 5.75 Å². The van der Waals surface area contributed by atoms with Crippen molar-refractivity contribution in [2.24, 2.45) is 0 Å². The van der Waals surface area contributed by atoms with Crippen molar-refractivity contribution in [3.05, 3.63) is 54.1 Å². The molecule has 1 aliphatic heterocycles. The monoisotopic (exact) mass is 434 g/mol. The fourth-order valence-electron chi connectivity index (χ4n) is 2.94. The number of carbonyl (C=O) groups is 1. The molecule has 3 rings (SSSR count). The second-order valence-electron chi connectivity index (χ2n) is 6.57. The summed E-state index contributed by atoms with van der Waals surface area (Å²) in [5.74, 6) is 0.267. The normalized spacial score (nSPS) is 15.0. The van der Waals surface area contributed by atoms with Crippen LogP contribution in [-0.2, 0) is 19.5 Å². The topological polar surface area (TPSA) is 94.2 Å². The molecule has 0 aromatic heterocycles. The lowest BCUT2D eigenvalue weighted by Gasteiger charge is -2.26. The van der Waals surface area contributed by atoms with Crippen molar-refractivity contribution in [1.82, 2.24) is 4.31 Å². The first-order valence-electron chi connectivity index (χ1n) is 9.80. The van der Waals surface area contributed by atoms with Gasteiger partial charge in [-0.25, -0.2) is 8.42 Å². The van der Waals surface area contributed by atoms with Crippen molar-refractivity contribution in [3.8, 4) is 5.75 Å². The van der Waals surface area contributed by atoms with Gasteiger partial charge in [-0.1, -0.05) is 6.07 Å². The highest BCUT2D eigenvalue weighted by Crippen LogP contribution is 2.20. The van der Waals surface area contributed by atoms with Gasteiger partial charge in [0.1, 0.15) is 12.4 Å². The smallest absolute Gasteiger partial charge is 0.255 e. The van der Waals surface area contributed by atoms with Crippen molar-refractivity contribution >= 4 is 21.6 Å². The summed E-state index contributed by atoms with van der Waals surface area (Å²) in [7, 11) is -3.56. The number of rotatable bonds is 9. The number of hydrogen-bond donors (Lipinski definition) is 1. The summed E-state index contributed by atoms with van der Waals surface area (Å²) < 4.78 is 42.7. The summed E-state index contributed by atoms with van der Waals surface area (Å²) >= 11 is 0. The number of amides is 1. The Bertz CT molecular complexity index is 940. The highest BCUT2D eigenvalue weighted by molar-refractivity contribution is 7.89. The maximum absolute atomic E-state index is 12.7. The lowest BCUT2D eigenvalue weighted by molar-refractivity contribution is 0.0730. The molecule has 2 aromatic rings. The van der Waals surface area contributed by atoms with Gasteiger partial charge in [-0.05, 0) is 49.4 Å². The Morgan fingerprint density at radius 1 is 1.10 bits per heavy atom. The Labute approximate surface area is 176 Å². The Balaban J connectivity index is 1.62. The summed E-state index contributed by atoms with van der Waals surface area (Å²) in [5.41, 5.74) is 0.942. The van der Waals surface area contributed by atoms with Gasteiger partial charge in [0, 0.05) is 30.9 Å². The van der Waals surface area contributed by atoms with Gasteiger partial charge in [0.25, 0.3) is 5.91 Å². The Kier molecular flexibility index (Phi) is 7.81. The van der Waals surface area contributed by atoms with Crippen LogP contribution in [0.1, 0.15) is 17.3 Å². The van der Waals surface area contributed by atoms with Crippen LogP contribution in [0, 0.1) is 0 Å². The molecule has 1 fully saturated rings. The maximum atomic E-state index is 12.7. The first kappa shape index (κ1) is 22.2. The molecule has 0 radical (unpaired) electrons. The first-order valence-corrected chi connectivity index (χ1v) is 11.2. The Hall–Kier alpha value is -2.46. The molecule has 1 heterocycles. The van der Waals surface area contributed by atoms with E-state index in [9.17, 15) is 13.2 Å². The van der Waals surface area contributed by atoms with Crippen LogP contribution in [0.4, 0.5) is 5.69 Å². The molecule has 0 atom stereocenters. The van der Waals surface area contributed by atoms with E-state index in [0.29, 0.717) is 63.1 Å². The summed E-state index contributed by atoms with van der Waals surface area (Å²) in [6.45, 7) is 4.87. The number of nitrogens with one attached hydrogen (secondary N) is 1. The lowest BCUT2D eigenvalue weighted by Crippen LogP contribution is -2.40. The zero-order chi connectivity index (χ0) is 21.4. The van der Waals surface area contributed by atoms with E-state index < -0.39 is 10.0 Å². The number of morpholine rings is 1. The van der Waals surface area contributed by atoms with Crippen LogP contribution < -0.4 is 10.1 Å². The molecule has 30 heavy (non-hydrogen) atoms. The largest absolute Gasteiger partial charge is 0.491 e. The zero-order valence-corrected chi connectivity index (χ0v) is 17.7. The van der Waals surface area contributed by atoms with Crippen molar-refractivity contribution in [1.29, 1.82) is 0 Å². The predicted octanol–water partition coefficient (Wildman–Crippen LogP) is 2.38. The molecule has 9 heteroatoms. The Morgan fingerprint density at radius 2 is 1.83 bits per heavy atom. The molecule has 0 aliphatic carbocycles. The molecule has 8 nitrogen and oxygen atoms in total. The van der Waals surface area contributed by atoms with Gasteiger partial charge in [-0.2, -0.15) is 4.31 Å². The van der Waals surface area contributed by atoms with Gasteiger partial charge in [0.05, 0.1) is 24.7 Å². The minimum Gasteiger partial charge on any atom is -0.491 e. The fourth-order valence-corrected chi connectivity index (χ4v) is 4.35. The van der Waals surface area contributed by atoms with Gasteiger partial charge in [0.2, 0.25) is 10.0 Å². The molecule has 1 aliphatic rings. The van der Waals surface area contributed by atoms with Gasteiger partial charge >= 0.3 is 0 Å². The standard InChI is InChI=1S/C21H26N2O6S/c1-2-27-14-15-29-19-5-3-4-17(16-19)21(24)22-18-6-8-20(9-7-18)30(25,26)23-10-12-28-13-11-23/h3-9,16H,2,10-15H2,1H3,(H,22,24). The minimum atomic E-state index is -3.56. The van der Waals surface area contributed by atoms with E-state index in [4.69, 9.17) is 14.2 Å². The highest BCUT2D eigenvalue weighted by Gasteiger charge is 2.26. The van der Waals surface area contributed by atoms with Crippen LogP contribution >= 0.6 is 0 Å². The number of sulfonamides is 1.